The first kappa shape index (κ1) is 21.9. The lowest BCUT2D eigenvalue weighted by molar-refractivity contribution is -0.385. The molecule has 0 fully saturated rings. The van der Waals surface area contributed by atoms with Crippen LogP contribution in [0, 0.1) is 15.9 Å². The molecule has 1 aliphatic heterocycles. The third-order valence-electron chi connectivity index (χ3n) is 5.24. The molecule has 0 N–H and O–H groups in total. The predicted octanol–water partition coefficient (Wildman–Crippen LogP) is 4.50. The zero-order valence-electron chi connectivity index (χ0n) is 17.7. The molecule has 3 aromatic carbocycles. The van der Waals surface area contributed by atoms with Crippen LogP contribution in [0.25, 0.3) is 0 Å². The van der Waals surface area contributed by atoms with Gasteiger partial charge in [-0.3, -0.25) is 14.9 Å². The van der Waals surface area contributed by atoms with Crippen LogP contribution in [0.1, 0.15) is 23.6 Å². The number of hydrogen-bond donors (Lipinski definition) is 0. The third-order valence-corrected chi connectivity index (χ3v) is 5.24. The second-order valence-electron chi connectivity index (χ2n) is 7.30. The second-order valence-corrected chi connectivity index (χ2v) is 7.30. The van der Waals surface area contributed by atoms with Gasteiger partial charge in [-0.25, -0.2) is 9.40 Å². The van der Waals surface area contributed by atoms with E-state index in [1.165, 1.54) is 5.01 Å². The van der Waals surface area contributed by atoms with E-state index in [0.29, 0.717) is 12.2 Å². The number of halogens is 1. The number of nitrogens with zero attached hydrogens (tertiary/aromatic N) is 3. The second kappa shape index (κ2) is 9.47. The summed E-state index contributed by atoms with van der Waals surface area (Å²) in [6.07, 6.45) is 0.474. The van der Waals surface area contributed by atoms with Crippen LogP contribution in [0.5, 0.6) is 11.5 Å². The highest BCUT2D eigenvalue weighted by atomic mass is 19.1. The summed E-state index contributed by atoms with van der Waals surface area (Å²) >= 11 is 0. The molecule has 0 radical (unpaired) electrons. The van der Waals surface area contributed by atoms with Crippen molar-refractivity contribution in [3.63, 3.8) is 0 Å². The van der Waals surface area contributed by atoms with Gasteiger partial charge in [-0.1, -0.05) is 42.5 Å². The van der Waals surface area contributed by atoms with Gasteiger partial charge in [0.1, 0.15) is 11.6 Å². The summed E-state index contributed by atoms with van der Waals surface area (Å²) in [5.41, 5.74) is 2.02. The lowest BCUT2D eigenvalue weighted by Gasteiger charge is -2.22. The van der Waals surface area contributed by atoms with E-state index < -0.39 is 35.0 Å². The zero-order chi connectivity index (χ0) is 23.4. The summed E-state index contributed by atoms with van der Waals surface area (Å²) in [5, 5.41) is 17.0. The molecule has 8 nitrogen and oxygen atoms in total. The van der Waals surface area contributed by atoms with Gasteiger partial charge < -0.3 is 9.47 Å². The van der Waals surface area contributed by atoms with Gasteiger partial charge in [-0.15, -0.1) is 0 Å². The van der Waals surface area contributed by atoms with Gasteiger partial charge in [0.25, 0.3) is 5.91 Å². The van der Waals surface area contributed by atoms with Crippen LogP contribution in [0.2, 0.25) is 0 Å². The smallest absolute Gasteiger partial charge is 0.311 e. The average molecular weight is 449 g/mol. The number of methoxy groups -OCH3 is 1. The van der Waals surface area contributed by atoms with Gasteiger partial charge in [0.05, 0.1) is 23.8 Å². The minimum Gasteiger partial charge on any atom is -0.497 e. The maximum Gasteiger partial charge on any atom is 0.311 e. The minimum atomic E-state index is -0.704. The van der Waals surface area contributed by atoms with Crippen molar-refractivity contribution in [1.29, 1.82) is 0 Å². The van der Waals surface area contributed by atoms with E-state index in [-0.39, 0.29) is 5.75 Å². The van der Waals surface area contributed by atoms with Gasteiger partial charge in [-0.05, 0) is 29.3 Å². The fourth-order valence-corrected chi connectivity index (χ4v) is 3.59. The quantitative estimate of drug-likeness (QED) is 0.391. The molecule has 1 amide bonds. The SMILES string of the molecule is COc1ccc([C@H]2CC(c3ccccc3)=NN2C(=O)COc2cc(F)ccc2[N+](=O)[O-])cc1. The molecule has 0 saturated heterocycles. The number of carbonyl (C=O) groups excluding carboxylic acids is 1. The van der Waals surface area contributed by atoms with Crippen molar-refractivity contribution in [3.8, 4) is 11.5 Å². The molecule has 1 aliphatic rings. The van der Waals surface area contributed by atoms with E-state index >= 15 is 0 Å². The molecule has 1 heterocycles. The summed E-state index contributed by atoms with van der Waals surface area (Å²) in [5.74, 6) is -0.855. The van der Waals surface area contributed by atoms with Gasteiger partial charge >= 0.3 is 5.69 Å². The summed E-state index contributed by atoms with van der Waals surface area (Å²) in [6, 6.07) is 19.2. The van der Waals surface area contributed by atoms with Gasteiger partial charge in [0.15, 0.2) is 6.61 Å². The van der Waals surface area contributed by atoms with E-state index in [9.17, 15) is 19.3 Å². The number of benzene rings is 3. The molecule has 168 valence electrons. The fraction of sp³-hybridized carbons (Fsp3) is 0.167. The maximum atomic E-state index is 13.6. The summed E-state index contributed by atoms with van der Waals surface area (Å²) < 4.78 is 24.2. The highest BCUT2D eigenvalue weighted by Gasteiger charge is 2.33. The Hall–Kier alpha value is -4.27. The lowest BCUT2D eigenvalue weighted by Crippen LogP contribution is -2.31. The molecular formula is C24H20FN3O5. The maximum absolute atomic E-state index is 13.6. The summed E-state index contributed by atoms with van der Waals surface area (Å²) in [4.78, 5) is 23.6. The van der Waals surface area contributed by atoms with Crippen molar-refractivity contribution >= 4 is 17.3 Å². The Morgan fingerprint density at radius 3 is 2.55 bits per heavy atom. The number of ether oxygens (including phenoxy) is 2. The fourth-order valence-electron chi connectivity index (χ4n) is 3.59. The molecule has 0 saturated carbocycles. The first-order valence-corrected chi connectivity index (χ1v) is 10.1. The Labute approximate surface area is 189 Å². The highest BCUT2D eigenvalue weighted by Crippen LogP contribution is 2.34. The largest absolute Gasteiger partial charge is 0.497 e. The van der Waals surface area contributed by atoms with E-state index in [0.717, 1.165) is 35.0 Å². The Kier molecular flexibility index (Phi) is 6.30. The van der Waals surface area contributed by atoms with Crippen molar-refractivity contribution in [1.82, 2.24) is 5.01 Å². The molecule has 0 aliphatic carbocycles. The normalized spacial score (nSPS) is 15.2. The number of hydrazone groups is 1. The number of hydrogen-bond acceptors (Lipinski definition) is 6. The van der Waals surface area contributed by atoms with Gasteiger partial charge in [0, 0.05) is 18.6 Å². The minimum absolute atomic E-state index is 0.319. The molecule has 0 bridgehead atoms. The van der Waals surface area contributed by atoms with Gasteiger partial charge in [-0.2, -0.15) is 5.10 Å². The van der Waals surface area contributed by atoms with Crippen molar-refractivity contribution in [2.24, 2.45) is 5.10 Å². The van der Waals surface area contributed by atoms with Crippen LogP contribution in [0.4, 0.5) is 10.1 Å². The predicted molar refractivity (Wildman–Crippen MR) is 119 cm³/mol. The van der Waals surface area contributed by atoms with Gasteiger partial charge in [0.2, 0.25) is 5.75 Å². The van der Waals surface area contributed by atoms with Crippen LogP contribution in [-0.4, -0.2) is 35.3 Å². The molecule has 3 aromatic rings. The number of nitro groups is 1. The van der Waals surface area contributed by atoms with Crippen molar-refractivity contribution in [2.45, 2.75) is 12.5 Å². The van der Waals surface area contributed by atoms with Crippen LogP contribution < -0.4 is 9.47 Å². The lowest BCUT2D eigenvalue weighted by atomic mass is 9.98. The third kappa shape index (κ3) is 4.82. The number of amides is 1. The molecule has 0 spiro atoms. The first-order chi connectivity index (χ1) is 16.0. The summed E-state index contributed by atoms with van der Waals surface area (Å²) in [7, 11) is 1.57. The number of carbonyl (C=O) groups is 1. The van der Waals surface area contributed by atoms with Crippen molar-refractivity contribution < 1.29 is 23.6 Å². The zero-order valence-corrected chi connectivity index (χ0v) is 17.7. The van der Waals surface area contributed by atoms with Crippen LogP contribution in [-0.2, 0) is 4.79 Å². The number of nitro benzene ring substituents is 1. The van der Waals surface area contributed by atoms with Crippen LogP contribution in [0.3, 0.4) is 0 Å². The Bertz CT molecular complexity index is 1200. The first-order valence-electron chi connectivity index (χ1n) is 10.1. The Morgan fingerprint density at radius 2 is 1.88 bits per heavy atom. The molecule has 9 heteroatoms. The van der Waals surface area contributed by atoms with Crippen LogP contribution in [0.15, 0.2) is 77.9 Å². The molecule has 0 unspecified atom stereocenters. The van der Waals surface area contributed by atoms with Crippen LogP contribution >= 0.6 is 0 Å². The molecule has 4 rings (SSSR count). The topological polar surface area (TPSA) is 94.3 Å². The highest BCUT2D eigenvalue weighted by molar-refractivity contribution is 6.03. The van der Waals surface area contributed by atoms with Crippen molar-refractivity contribution in [3.05, 3.63) is 99.9 Å². The monoisotopic (exact) mass is 449 g/mol. The molecule has 1 atom stereocenters. The van der Waals surface area contributed by atoms with E-state index in [4.69, 9.17) is 9.47 Å². The van der Waals surface area contributed by atoms with E-state index in [1.54, 1.807) is 19.2 Å². The number of rotatable bonds is 7. The molecular weight excluding hydrogens is 429 g/mol. The Morgan fingerprint density at radius 1 is 1.15 bits per heavy atom. The molecule has 33 heavy (non-hydrogen) atoms. The standard InChI is InChI=1S/C24H20FN3O5/c1-32-19-10-7-17(8-11-19)22-14-20(16-5-3-2-4-6-16)26-27(22)24(29)15-33-23-13-18(25)9-12-21(23)28(30)31/h2-13,22H,14-15H2,1H3/t22-/m1/s1. The van der Waals surface area contributed by atoms with E-state index in [2.05, 4.69) is 5.10 Å². The van der Waals surface area contributed by atoms with E-state index in [1.807, 2.05) is 42.5 Å². The Balaban J connectivity index is 1.60. The average Bonchev–Trinajstić information content (AvgIpc) is 3.28. The molecule has 0 aromatic heterocycles. The summed E-state index contributed by atoms with van der Waals surface area (Å²) in [6.45, 7) is -0.539. The van der Waals surface area contributed by atoms with Crippen molar-refractivity contribution in [2.75, 3.05) is 13.7 Å².